The molecule has 0 unspecified atom stereocenters. The summed E-state index contributed by atoms with van der Waals surface area (Å²) >= 11 is 0. The van der Waals surface area contributed by atoms with E-state index in [-0.39, 0.29) is 5.41 Å². The van der Waals surface area contributed by atoms with Crippen LogP contribution < -0.4 is 0 Å². The van der Waals surface area contributed by atoms with Crippen molar-refractivity contribution < 1.29 is 9.90 Å². The third-order valence-electron chi connectivity index (χ3n) is 4.19. The van der Waals surface area contributed by atoms with Gasteiger partial charge in [-0.1, -0.05) is 57.2 Å². The number of aromatic carboxylic acids is 1. The zero-order valence-electron chi connectivity index (χ0n) is 14.1. The van der Waals surface area contributed by atoms with Crippen LogP contribution in [0.15, 0.2) is 60.7 Å². The monoisotopic (exact) mass is 319 g/mol. The van der Waals surface area contributed by atoms with E-state index in [1.165, 1.54) is 5.56 Å². The van der Waals surface area contributed by atoms with Crippen molar-refractivity contribution in [1.29, 1.82) is 0 Å². The van der Waals surface area contributed by atoms with Gasteiger partial charge in [-0.2, -0.15) is 0 Å². The van der Waals surface area contributed by atoms with Crippen molar-refractivity contribution in [3.8, 4) is 22.5 Å². The average molecular weight is 319 g/mol. The minimum atomic E-state index is -0.910. The summed E-state index contributed by atoms with van der Waals surface area (Å²) in [7, 11) is 0. The predicted molar refractivity (Wildman–Crippen MR) is 97.3 cm³/mol. The van der Waals surface area contributed by atoms with Crippen molar-refractivity contribution >= 4 is 5.97 Å². The fourth-order valence-electron chi connectivity index (χ4n) is 2.67. The smallest absolute Gasteiger partial charge is 0.335 e. The molecule has 3 aromatic rings. The summed E-state index contributed by atoms with van der Waals surface area (Å²) < 4.78 is 0. The van der Waals surface area contributed by atoms with E-state index in [9.17, 15) is 4.79 Å². The van der Waals surface area contributed by atoms with E-state index in [0.29, 0.717) is 5.56 Å². The molecule has 0 aliphatic heterocycles. The third-order valence-corrected chi connectivity index (χ3v) is 4.19. The van der Waals surface area contributed by atoms with Gasteiger partial charge in [0.25, 0.3) is 0 Å². The molecule has 1 aromatic heterocycles. The molecular weight excluding hydrogens is 298 g/mol. The summed E-state index contributed by atoms with van der Waals surface area (Å²) in [5.74, 6) is -0.910. The van der Waals surface area contributed by atoms with Gasteiger partial charge in [0, 0.05) is 11.4 Å². The lowest BCUT2D eigenvalue weighted by atomic mass is 9.86. The van der Waals surface area contributed by atoms with Crippen LogP contribution in [0.25, 0.3) is 22.5 Å². The maximum absolute atomic E-state index is 10.9. The van der Waals surface area contributed by atoms with Crippen molar-refractivity contribution in [2.24, 2.45) is 0 Å². The minimum absolute atomic E-state index is 0.144. The van der Waals surface area contributed by atoms with Gasteiger partial charge in [-0.15, -0.1) is 0 Å². The molecule has 0 aliphatic carbocycles. The third kappa shape index (κ3) is 3.25. The van der Waals surface area contributed by atoms with E-state index in [4.69, 9.17) is 5.11 Å². The minimum Gasteiger partial charge on any atom is -0.478 e. The lowest BCUT2D eigenvalue weighted by molar-refractivity contribution is 0.0697. The molecular formula is C21H21NO2. The first kappa shape index (κ1) is 16.1. The number of aromatic nitrogens is 1. The number of carboxylic acids is 1. The Labute approximate surface area is 142 Å². The van der Waals surface area contributed by atoms with Crippen molar-refractivity contribution in [2.75, 3.05) is 0 Å². The van der Waals surface area contributed by atoms with Crippen molar-refractivity contribution in [3.05, 3.63) is 71.8 Å². The summed E-state index contributed by atoms with van der Waals surface area (Å²) in [6, 6.07) is 19.5. The van der Waals surface area contributed by atoms with Crippen LogP contribution in [-0.4, -0.2) is 16.1 Å². The molecule has 0 fully saturated rings. The van der Waals surface area contributed by atoms with E-state index in [0.717, 1.165) is 22.5 Å². The number of carbonyl (C=O) groups is 1. The van der Waals surface area contributed by atoms with Gasteiger partial charge in [-0.25, -0.2) is 4.79 Å². The zero-order chi connectivity index (χ0) is 17.3. The van der Waals surface area contributed by atoms with Gasteiger partial charge in [-0.05, 0) is 46.4 Å². The number of rotatable bonds is 3. The van der Waals surface area contributed by atoms with Crippen LogP contribution >= 0.6 is 0 Å². The number of H-pyrrole nitrogens is 1. The molecule has 0 spiro atoms. The Kier molecular flexibility index (Phi) is 4.02. The van der Waals surface area contributed by atoms with Crippen LogP contribution in [0.4, 0.5) is 0 Å². The molecule has 2 aromatic carbocycles. The Morgan fingerprint density at radius 3 is 1.67 bits per heavy atom. The summed E-state index contributed by atoms with van der Waals surface area (Å²) in [6.07, 6.45) is 0. The number of hydrogen-bond acceptors (Lipinski definition) is 1. The summed E-state index contributed by atoms with van der Waals surface area (Å²) in [5.41, 5.74) is 5.87. The Morgan fingerprint density at radius 1 is 0.792 bits per heavy atom. The Bertz CT molecular complexity index is 850. The van der Waals surface area contributed by atoms with E-state index in [1.807, 2.05) is 24.3 Å². The van der Waals surface area contributed by atoms with E-state index in [1.54, 1.807) is 12.1 Å². The highest BCUT2D eigenvalue weighted by atomic mass is 16.4. The van der Waals surface area contributed by atoms with E-state index < -0.39 is 5.97 Å². The fraction of sp³-hybridized carbons (Fsp3) is 0.190. The highest BCUT2D eigenvalue weighted by Gasteiger charge is 2.13. The van der Waals surface area contributed by atoms with Gasteiger partial charge in [0.2, 0.25) is 0 Å². The van der Waals surface area contributed by atoms with Gasteiger partial charge in [0.05, 0.1) is 5.56 Å². The standard InChI is InChI=1S/C21H21NO2/c1-21(2,3)17-10-8-15(9-11-17)19-13-12-18(22-19)14-4-6-16(7-5-14)20(23)24/h4-13,22H,1-3H3,(H,23,24). The first-order valence-corrected chi connectivity index (χ1v) is 7.98. The summed E-state index contributed by atoms with van der Waals surface area (Å²) in [6.45, 7) is 6.61. The van der Waals surface area contributed by atoms with E-state index in [2.05, 4.69) is 50.0 Å². The molecule has 3 heteroatoms. The summed E-state index contributed by atoms with van der Waals surface area (Å²) in [5, 5.41) is 8.97. The quantitative estimate of drug-likeness (QED) is 0.684. The second kappa shape index (κ2) is 6.00. The Morgan fingerprint density at radius 2 is 1.25 bits per heavy atom. The second-order valence-electron chi connectivity index (χ2n) is 7.00. The lowest BCUT2D eigenvalue weighted by Crippen LogP contribution is -2.10. The number of nitrogens with one attached hydrogen (secondary N) is 1. The predicted octanol–water partition coefficient (Wildman–Crippen LogP) is 5.34. The van der Waals surface area contributed by atoms with Crippen LogP contribution in [0.1, 0.15) is 36.7 Å². The van der Waals surface area contributed by atoms with Gasteiger partial charge in [-0.3, -0.25) is 0 Å². The fourth-order valence-corrected chi connectivity index (χ4v) is 2.67. The molecule has 1 heterocycles. The van der Waals surface area contributed by atoms with Crippen molar-refractivity contribution in [2.45, 2.75) is 26.2 Å². The molecule has 0 saturated heterocycles. The molecule has 2 N–H and O–H groups in total. The zero-order valence-corrected chi connectivity index (χ0v) is 14.1. The molecule has 0 amide bonds. The number of aromatic amines is 1. The maximum Gasteiger partial charge on any atom is 0.335 e. The van der Waals surface area contributed by atoms with Gasteiger partial charge < -0.3 is 10.1 Å². The Balaban J connectivity index is 1.86. The topological polar surface area (TPSA) is 53.1 Å². The SMILES string of the molecule is CC(C)(C)c1ccc(-c2ccc(-c3ccc(C(=O)O)cc3)[nH]2)cc1. The van der Waals surface area contributed by atoms with Crippen LogP contribution in [0.3, 0.4) is 0 Å². The first-order chi connectivity index (χ1) is 11.3. The van der Waals surface area contributed by atoms with Gasteiger partial charge >= 0.3 is 5.97 Å². The Hall–Kier alpha value is -2.81. The first-order valence-electron chi connectivity index (χ1n) is 7.98. The van der Waals surface area contributed by atoms with Crippen LogP contribution in [-0.2, 0) is 5.41 Å². The van der Waals surface area contributed by atoms with Gasteiger partial charge in [0.15, 0.2) is 0 Å². The molecule has 0 aliphatic rings. The van der Waals surface area contributed by atoms with Gasteiger partial charge in [0.1, 0.15) is 0 Å². The highest BCUT2D eigenvalue weighted by Crippen LogP contribution is 2.28. The lowest BCUT2D eigenvalue weighted by Gasteiger charge is -2.19. The number of hydrogen-bond donors (Lipinski definition) is 2. The number of benzene rings is 2. The average Bonchev–Trinajstić information content (AvgIpc) is 3.04. The van der Waals surface area contributed by atoms with E-state index >= 15 is 0 Å². The molecule has 0 saturated carbocycles. The molecule has 3 nitrogen and oxygen atoms in total. The number of carboxylic acid groups (broad SMARTS) is 1. The molecule has 0 atom stereocenters. The molecule has 24 heavy (non-hydrogen) atoms. The normalized spacial score (nSPS) is 11.5. The van der Waals surface area contributed by atoms with Crippen molar-refractivity contribution in [3.63, 3.8) is 0 Å². The van der Waals surface area contributed by atoms with Crippen LogP contribution in [0.2, 0.25) is 0 Å². The molecule has 3 rings (SSSR count). The second-order valence-corrected chi connectivity index (χ2v) is 7.00. The molecule has 0 radical (unpaired) electrons. The maximum atomic E-state index is 10.9. The summed E-state index contributed by atoms with van der Waals surface area (Å²) in [4.78, 5) is 14.3. The molecule has 0 bridgehead atoms. The van der Waals surface area contributed by atoms with Crippen LogP contribution in [0, 0.1) is 0 Å². The van der Waals surface area contributed by atoms with Crippen molar-refractivity contribution in [1.82, 2.24) is 4.98 Å². The molecule has 122 valence electrons. The largest absolute Gasteiger partial charge is 0.478 e. The highest BCUT2D eigenvalue weighted by molar-refractivity contribution is 5.88. The van der Waals surface area contributed by atoms with Crippen LogP contribution in [0.5, 0.6) is 0 Å².